The van der Waals surface area contributed by atoms with Crippen LogP contribution in [0.25, 0.3) is 0 Å². The van der Waals surface area contributed by atoms with Gasteiger partial charge in [0.05, 0.1) is 0 Å². The molecule has 1 atom stereocenters. The van der Waals surface area contributed by atoms with Gasteiger partial charge in [-0.3, -0.25) is 0 Å². The molecule has 0 aliphatic carbocycles. The Hall–Kier alpha value is -0.450. The lowest BCUT2D eigenvalue weighted by Gasteiger charge is -2.25. The van der Waals surface area contributed by atoms with Crippen LogP contribution in [0, 0.1) is 12.8 Å². The van der Waals surface area contributed by atoms with E-state index in [4.69, 9.17) is 4.74 Å². The third-order valence-electron chi connectivity index (χ3n) is 2.60. The zero-order valence-electron chi connectivity index (χ0n) is 8.27. The Morgan fingerprint density at radius 3 is 2.86 bits per heavy atom. The van der Waals surface area contributed by atoms with Gasteiger partial charge in [-0.2, -0.15) is 0 Å². The van der Waals surface area contributed by atoms with Crippen LogP contribution in [-0.2, 0) is 4.74 Å². The van der Waals surface area contributed by atoms with Gasteiger partial charge in [-0.05, 0) is 25.7 Å². The quantitative estimate of drug-likeness (QED) is 0.816. The second kappa shape index (κ2) is 4.38. The van der Waals surface area contributed by atoms with E-state index in [-0.39, 0.29) is 0 Å². The molecule has 0 spiro atoms. The van der Waals surface area contributed by atoms with Crippen LogP contribution in [0.5, 0.6) is 0 Å². The molecule has 4 heteroatoms. The second-order valence-electron chi connectivity index (χ2n) is 3.72. The third kappa shape index (κ3) is 2.13. The molecular formula is C10H15NO2S. The van der Waals surface area contributed by atoms with Gasteiger partial charge in [0, 0.05) is 24.3 Å². The summed E-state index contributed by atoms with van der Waals surface area (Å²) in [4.78, 5) is 4.31. The third-order valence-corrected chi connectivity index (χ3v) is 3.64. The van der Waals surface area contributed by atoms with Crippen molar-refractivity contribution in [2.24, 2.45) is 5.92 Å². The lowest BCUT2D eigenvalue weighted by molar-refractivity contribution is 0.00708. The van der Waals surface area contributed by atoms with Gasteiger partial charge in [0.15, 0.2) is 0 Å². The number of hydrogen-bond donors (Lipinski definition) is 1. The van der Waals surface area contributed by atoms with Gasteiger partial charge in [0.25, 0.3) is 0 Å². The van der Waals surface area contributed by atoms with E-state index < -0.39 is 6.10 Å². The molecule has 0 saturated carbocycles. The van der Waals surface area contributed by atoms with E-state index >= 15 is 0 Å². The Morgan fingerprint density at radius 1 is 1.57 bits per heavy atom. The molecule has 1 N–H and O–H groups in total. The van der Waals surface area contributed by atoms with Gasteiger partial charge in [0.2, 0.25) is 0 Å². The molecule has 0 aromatic carbocycles. The van der Waals surface area contributed by atoms with E-state index in [1.165, 1.54) is 0 Å². The summed E-state index contributed by atoms with van der Waals surface area (Å²) in [6.45, 7) is 3.49. The molecule has 0 amide bonds. The molecule has 2 heterocycles. The fraction of sp³-hybridized carbons (Fsp3) is 0.700. The Balaban J connectivity index is 2.03. The number of thiazole rings is 1. The van der Waals surface area contributed by atoms with Crippen LogP contribution in [0.4, 0.5) is 0 Å². The molecule has 1 aliphatic heterocycles. The highest BCUT2D eigenvalue weighted by atomic mass is 32.1. The van der Waals surface area contributed by atoms with Gasteiger partial charge < -0.3 is 9.84 Å². The molecule has 0 bridgehead atoms. The van der Waals surface area contributed by atoms with Gasteiger partial charge in [-0.1, -0.05) is 0 Å². The molecule has 1 fully saturated rings. The molecule has 0 radical (unpaired) electrons. The van der Waals surface area contributed by atoms with Gasteiger partial charge >= 0.3 is 0 Å². The van der Waals surface area contributed by atoms with Gasteiger partial charge in [0.1, 0.15) is 11.1 Å². The van der Waals surface area contributed by atoms with E-state index in [1.807, 2.05) is 12.3 Å². The van der Waals surface area contributed by atoms with Crippen molar-refractivity contribution in [1.82, 2.24) is 4.98 Å². The Morgan fingerprint density at radius 2 is 2.29 bits per heavy atom. The van der Waals surface area contributed by atoms with Crippen LogP contribution in [0.2, 0.25) is 0 Å². The topological polar surface area (TPSA) is 42.4 Å². The highest BCUT2D eigenvalue weighted by molar-refractivity contribution is 7.09. The van der Waals surface area contributed by atoms with Crippen molar-refractivity contribution in [2.75, 3.05) is 13.2 Å². The fourth-order valence-corrected chi connectivity index (χ4v) is 2.61. The smallest absolute Gasteiger partial charge is 0.122 e. The van der Waals surface area contributed by atoms with Crippen molar-refractivity contribution in [2.45, 2.75) is 25.9 Å². The van der Waals surface area contributed by atoms with Crippen LogP contribution < -0.4 is 0 Å². The molecular weight excluding hydrogens is 198 g/mol. The molecule has 2 rings (SSSR count). The number of nitrogens with zero attached hydrogens (tertiary/aromatic N) is 1. The summed E-state index contributed by atoms with van der Waals surface area (Å²) < 4.78 is 5.26. The number of aromatic nitrogens is 1. The maximum atomic E-state index is 10.1. The van der Waals surface area contributed by atoms with Crippen molar-refractivity contribution in [3.05, 3.63) is 16.1 Å². The van der Waals surface area contributed by atoms with E-state index in [0.29, 0.717) is 5.92 Å². The first-order chi connectivity index (χ1) is 6.77. The predicted molar refractivity (Wildman–Crippen MR) is 55.4 cm³/mol. The number of ether oxygens (including phenoxy) is 1. The summed E-state index contributed by atoms with van der Waals surface area (Å²) in [6, 6.07) is 0. The number of hydrogen-bond acceptors (Lipinski definition) is 4. The van der Waals surface area contributed by atoms with Crippen molar-refractivity contribution in [1.29, 1.82) is 0 Å². The van der Waals surface area contributed by atoms with Crippen LogP contribution in [-0.4, -0.2) is 23.3 Å². The van der Waals surface area contributed by atoms with Gasteiger partial charge in [-0.15, -0.1) is 11.3 Å². The number of rotatable bonds is 2. The summed E-state index contributed by atoms with van der Waals surface area (Å²) in [7, 11) is 0. The lowest BCUT2D eigenvalue weighted by Crippen LogP contribution is -2.21. The molecule has 1 aromatic heterocycles. The predicted octanol–water partition coefficient (Wildman–Crippen LogP) is 1.91. The normalized spacial score (nSPS) is 21.0. The molecule has 1 saturated heterocycles. The minimum Gasteiger partial charge on any atom is -0.386 e. The minimum absolute atomic E-state index is 0.328. The zero-order chi connectivity index (χ0) is 9.97. The zero-order valence-corrected chi connectivity index (χ0v) is 9.09. The Kier molecular flexibility index (Phi) is 3.15. The second-order valence-corrected chi connectivity index (χ2v) is 4.61. The highest BCUT2D eigenvalue weighted by Gasteiger charge is 2.25. The molecule has 1 unspecified atom stereocenters. The molecule has 1 aliphatic rings. The maximum absolute atomic E-state index is 10.1. The van der Waals surface area contributed by atoms with E-state index in [2.05, 4.69) is 4.98 Å². The van der Waals surface area contributed by atoms with E-state index in [1.54, 1.807) is 11.3 Å². The number of aliphatic hydroxyl groups is 1. The Bertz CT molecular complexity index is 294. The summed E-state index contributed by atoms with van der Waals surface area (Å²) in [5.41, 5.74) is 0.996. The maximum Gasteiger partial charge on any atom is 0.122 e. The van der Waals surface area contributed by atoms with Crippen LogP contribution >= 0.6 is 11.3 Å². The minimum atomic E-state index is -0.391. The van der Waals surface area contributed by atoms with E-state index in [0.717, 1.165) is 36.8 Å². The molecule has 1 aromatic rings. The first-order valence-corrected chi connectivity index (χ1v) is 5.83. The Labute approximate surface area is 87.7 Å². The summed E-state index contributed by atoms with van der Waals surface area (Å²) >= 11 is 1.55. The van der Waals surface area contributed by atoms with Gasteiger partial charge in [-0.25, -0.2) is 4.98 Å². The van der Waals surface area contributed by atoms with E-state index in [9.17, 15) is 5.11 Å². The van der Waals surface area contributed by atoms with Crippen LogP contribution in [0.3, 0.4) is 0 Å². The van der Waals surface area contributed by atoms with Crippen molar-refractivity contribution in [3.63, 3.8) is 0 Å². The SMILES string of the molecule is Cc1csc(C(O)C2CCOCC2)n1. The van der Waals surface area contributed by atoms with Crippen molar-refractivity contribution >= 4 is 11.3 Å². The van der Waals surface area contributed by atoms with Crippen LogP contribution in [0.15, 0.2) is 5.38 Å². The monoisotopic (exact) mass is 213 g/mol. The average Bonchev–Trinajstić information content (AvgIpc) is 2.65. The molecule has 3 nitrogen and oxygen atoms in total. The summed E-state index contributed by atoms with van der Waals surface area (Å²) in [6.07, 6.45) is 1.50. The lowest BCUT2D eigenvalue weighted by atomic mass is 9.94. The summed E-state index contributed by atoms with van der Waals surface area (Å²) in [5, 5.41) is 12.9. The standard InChI is InChI=1S/C10H15NO2S/c1-7-6-14-10(11-7)9(12)8-2-4-13-5-3-8/h6,8-9,12H,2-5H2,1H3. The highest BCUT2D eigenvalue weighted by Crippen LogP contribution is 2.31. The van der Waals surface area contributed by atoms with Crippen molar-refractivity contribution in [3.8, 4) is 0 Å². The molecule has 14 heavy (non-hydrogen) atoms. The fourth-order valence-electron chi connectivity index (χ4n) is 1.74. The number of aryl methyl sites for hydroxylation is 1. The largest absolute Gasteiger partial charge is 0.386 e. The molecule has 78 valence electrons. The summed E-state index contributed by atoms with van der Waals surface area (Å²) in [5.74, 6) is 0.328. The van der Waals surface area contributed by atoms with Crippen molar-refractivity contribution < 1.29 is 9.84 Å². The first kappa shape index (κ1) is 10.1. The van der Waals surface area contributed by atoms with Crippen LogP contribution in [0.1, 0.15) is 29.6 Å². The number of aliphatic hydroxyl groups excluding tert-OH is 1. The average molecular weight is 213 g/mol. The first-order valence-electron chi connectivity index (χ1n) is 4.95.